The fraction of sp³-hybridized carbons (Fsp3) is 0.188. The molecular formula is C16H13F2NO. The van der Waals surface area contributed by atoms with Crippen molar-refractivity contribution in [1.29, 1.82) is 0 Å². The predicted molar refractivity (Wildman–Crippen MR) is 72.7 cm³/mol. The van der Waals surface area contributed by atoms with Crippen LogP contribution in [0.2, 0.25) is 0 Å². The summed E-state index contributed by atoms with van der Waals surface area (Å²) in [6, 6.07) is 11.1. The van der Waals surface area contributed by atoms with Crippen LogP contribution in [0.5, 0.6) is 0 Å². The first-order chi connectivity index (χ1) is 9.66. The molecule has 2 nitrogen and oxygen atoms in total. The van der Waals surface area contributed by atoms with Crippen LogP contribution in [0.15, 0.2) is 42.5 Å². The summed E-state index contributed by atoms with van der Waals surface area (Å²) in [5, 5.41) is 3.14. The lowest BCUT2D eigenvalue weighted by Gasteiger charge is -2.10. The standard InChI is InChI=1S/C16H13F2NO/c17-13-5-3-6-14(18)11(13)8-16(20)12-9-19-15-7-2-1-4-10(12)15/h1-7,12,19H,8-9H2. The number of hydrogen-bond donors (Lipinski definition) is 1. The normalized spacial score (nSPS) is 16.6. The van der Waals surface area contributed by atoms with E-state index in [0.29, 0.717) is 6.54 Å². The Balaban J connectivity index is 1.85. The minimum Gasteiger partial charge on any atom is -0.384 e. The molecule has 3 rings (SSSR count). The van der Waals surface area contributed by atoms with Crippen LogP contribution >= 0.6 is 0 Å². The van der Waals surface area contributed by atoms with Crippen molar-refractivity contribution in [1.82, 2.24) is 0 Å². The van der Waals surface area contributed by atoms with Crippen molar-refractivity contribution in [2.75, 3.05) is 11.9 Å². The summed E-state index contributed by atoms with van der Waals surface area (Å²) in [5.74, 6) is -1.85. The Hall–Kier alpha value is -2.23. The zero-order valence-corrected chi connectivity index (χ0v) is 10.7. The molecule has 0 spiro atoms. The Morgan fingerprint density at radius 1 is 1.10 bits per heavy atom. The van der Waals surface area contributed by atoms with Gasteiger partial charge in [0.15, 0.2) is 0 Å². The Labute approximate surface area is 115 Å². The van der Waals surface area contributed by atoms with E-state index in [2.05, 4.69) is 5.32 Å². The van der Waals surface area contributed by atoms with Gasteiger partial charge in [-0.2, -0.15) is 0 Å². The zero-order valence-electron chi connectivity index (χ0n) is 10.7. The lowest BCUT2D eigenvalue weighted by Crippen LogP contribution is -2.18. The summed E-state index contributed by atoms with van der Waals surface area (Å²) in [7, 11) is 0. The zero-order chi connectivity index (χ0) is 14.1. The molecule has 0 aromatic heterocycles. The highest BCUT2D eigenvalue weighted by Gasteiger charge is 2.29. The van der Waals surface area contributed by atoms with Crippen molar-refractivity contribution < 1.29 is 13.6 Å². The highest BCUT2D eigenvalue weighted by Crippen LogP contribution is 2.32. The van der Waals surface area contributed by atoms with Crippen LogP contribution in [-0.2, 0) is 11.2 Å². The molecule has 0 amide bonds. The van der Waals surface area contributed by atoms with Gasteiger partial charge in [-0.25, -0.2) is 8.78 Å². The highest BCUT2D eigenvalue weighted by molar-refractivity contribution is 5.91. The molecule has 0 radical (unpaired) electrons. The third-order valence-corrected chi connectivity index (χ3v) is 3.63. The number of fused-ring (bicyclic) bond motifs is 1. The van der Waals surface area contributed by atoms with Crippen LogP contribution in [-0.4, -0.2) is 12.3 Å². The molecule has 1 unspecified atom stereocenters. The molecule has 0 saturated heterocycles. The average Bonchev–Trinajstić information content (AvgIpc) is 2.87. The van der Waals surface area contributed by atoms with Gasteiger partial charge in [-0.1, -0.05) is 24.3 Å². The molecule has 4 heteroatoms. The maximum atomic E-state index is 13.6. The molecule has 0 bridgehead atoms. The molecule has 1 N–H and O–H groups in total. The van der Waals surface area contributed by atoms with Gasteiger partial charge in [0.2, 0.25) is 0 Å². The quantitative estimate of drug-likeness (QED) is 0.929. The number of rotatable bonds is 3. The summed E-state index contributed by atoms with van der Waals surface area (Å²) in [6.07, 6.45) is -0.223. The van der Waals surface area contributed by atoms with Crippen molar-refractivity contribution in [3.05, 3.63) is 65.2 Å². The number of carbonyl (C=O) groups excluding carboxylic acids is 1. The second kappa shape index (κ2) is 5.04. The fourth-order valence-corrected chi connectivity index (χ4v) is 2.57. The SMILES string of the molecule is O=C(Cc1c(F)cccc1F)C1CNc2ccccc21. The van der Waals surface area contributed by atoms with E-state index in [1.165, 1.54) is 18.2 Å². The van der Waals surface area contributed by atoms with E-state index in [1.54, 1.807) is 0 Å². The fourth-order valence-electron chi connectivity index (χ4n) is 2.57. The van der Waals surface area contributed by atoms with Crippen LogP contribution in [0.4, 0.5) is 14.5 Å². The second-order valence-electron chi connectivity index (χ2n) is 4.86. The van der Waals surface area contributed by atoms with Gasteiger partial charge >= 0.3 is 0 Å². The summed E-state index contributed by atoms with van der Waals surface area (Å²) in [4.78, 5) is 12.3. The molecular weight excluding hydrogens is 260 g/mol. The Morgan fingerprint density at radius 3 is 2.55 bits per heavy atom. The number of hydrogen-bond acceptors (Lipinski definition) is 2. The monoisotopic (exact) mass is 273 g/mol. The third-order valence-electron chi connectivity index (χ3n) is 3.63. The van der Waals surface area contributed by atoms with Crippen LogP contribution in [0, 0.1) is 11.6 Å². The molecule has 0 fully saturated rings. The number of halogens is 2. The first-order valence-electron chi connectivity index (χ1n) is 6.45. The lowest BCUT2D eigenvalue weighted by molar-refractivity contribution is -0.119. The highest BCUT2D eigenvalue weighted by atomic mass is 19.1. The molecule has 1 atom stereocenters. The van der Waals surface area contributed by atoms with Gasteiger partial charge < -0.3 is 5.32 Å². The third kappa shape index (κ3) is 2.18. The molecule has 1 heterocycles. The van der Waals surface area contributed by atoms with E-state index in [1.807, 2.05) is 24.3 Å². The maximum absolute atomic E-state index is 13.6. The van der Waals surface area contributed by atoms with E-state index in [9.17, 15) is 13.6 Å². The Kier molecular flexibility index (Phi) is 3.22. The second-order valence-corrected chi connectivity index (χ2v) is 4.86. The van der Waals surface area contributed by atoms with Crippen molar-refractivity contribution in [3.63, 3.8) is 0 Å². The smallest absolute Gasteiger partial charge is 0.146 e. The van der Waals surface area contributed by atoms with Gasteiger partial charge in [0, 0.05) is 24.2 Å². The molecule has 20 heavy (non-hydrogen) atoms. The first-order valence-corrected chi connectivity index (χ1v) is 6.45. The molecule has 2 aromatic carbocycles. The van der Waals surface area contributed by atoms with E-state index in [4.69, 9.17) is 0 Å². The molecule has 0 aliphatic carbocycles. The molecule has 2 aromatic rings. The summed E-state index contributed by atoms with van der Waals surface area (Å²) in [6.45, 7) is 0.480. The maximum Gasteiger partial charge on any atom is 0.146 e. The average molecular weight is 273 g/mol. The lowest BCUT2D eigenvalue weighted by atomic mass is 9.92. The van der Waals surface area contributed by atoms with Gasteiger partial charge in [0.05, 0.1) is 5.92 Å². The van der Waals surface area contributed by atoms with Crippen molar-refractivity contribution in [3.8, 4) is 0 Å². The topological polar surface area (TPSA) is 29.1 Å². The number of benzene rings is 2. The number of Topliss-reactive ketones (excluding diaryl/α,β-unsaturated/α-hetero) is 1. The van der Waals surface area contributed by atoms with Gasteiger partial charge in [-0.05, 0) is 23.8 Å². The van der Waals surface area contributed by atoms with Gasteiger partial charge in [0.25, 0.3) is 0 Å². The molecule has 102 valence electrons. The minimum atomic E-state index is -0.669. The summed E-state index contributed by atoms with van der Waals surface area (Å²) < 4.78 is 27.2. The van der Waals surface area contributed by atoms with E-state index < -0.39 is 11.6 Å². The van der Waals surface area contributed by atoms with Crippen molar-refractivity contribution in [2.24, 2.45) is 0 Å². The number of anilines is 1. The number of para-hydroxylation sites is 1. The summed E-state index contributed by atoms with van der Waals surface area (Å²) >= 11 is 0. The van der Waals surface area contributed by atoms with Crippen LogP contribution in [0.25, 0.3) is 0 Å². The minimum absolute atomic E-state index is 0.151. The predicted octanol–water partition coefficient (Wildman–Crippen LogP) is 3.29. The Bertz CT molecular complexity index is 649. The number of nitrogens with one attached hydrogen (secondary N) is 1. The van der Waals surface area contributed by atoms with E-state index in [-0.39, 0.29) is 23.7 Å². The van der Waals surface area contributed by atoms with Crippen LogP contribution in [0.1, 0.15) is 17.0 Å². The molecule has 1 aliphatic rings. The number of ketones is 1. The van der Waals surface area contributed by atoms with Crippen LogP contribution < -0.4 is 5.32 Å². The van der Waals surface area contributed by atoms with Crippen molar-refractivity contribution in [2.45, 2.75) is 12.3 Å². The van der Waals surface area contributed by atoms with Gasteiger partial charge in [0.1, 0.15) is 17.4 Å². The van der Waals surface area contributed by atoms with E-state index >= 15 is 0 Å². The Morgan fingerprint density at radius 2 is 1.80 bits per heavy atom. The van der Waals surface area contributed by atoms with Gasteiger partial charge in [-0.15, -0.1) is 0 Å². The van der Waals surface area contributed by atoms with Crippen molar-refractivity contribution >= 4 is 11.5 Å². The van der Waals surface area contributed by atoms with Crippen LogP contribution in [0.3, 0.4) is 0 Å². The largest absolute Gasteiger partial charge is 0.384 e. The summed E-state index contributed by atoms with van der Waals surface area (Å²) in [5.41, 5.74) is 1.66. The van der Waals surface area contributed by atoms with E-state index in [0.717, 1.165) is 11.3 Å². The number of carbonyl (C=O) groups is 1. The molecule has 1 aliphatic heterocycles. The molecule has 0 saturated carbocycles. The van der Waals surface area contributed by atoms with Gasteiger partial charge in [-0.3, -0.25) is 4.79 Å². The first kappa shape index (κ1) is 12.8.